The second-order valence-electron chi connectivity index (χ2n) is 9.40. The quantitative estimate of drug-likeness (QED) is 0.547. The maximum absolute atomic E-state index is 9.65. The van der Waals surface area contributed by atoms with Crippen molar-refractivity contribution in [3.05, 3.63) is 0 Å². The number of nitrogens with zero attached hydrogens (tertiary/aromatic N) is 2. The molecule has 0 unspecified atom stereocenters. The molecule has 1 heterocycles. The van der Waals surface area contributed by atoms with Gasteiger partial charge in [0.1, 0.15) is 0 Å². The van der Waals surface area contributed by atoms with Crippen LogP contribution in [-0.4, -0.2) is 98.7 Å². The van der Waals surface area contributed by atoms with Crippen LogP contribution in [0.25, 0.3) is 0 Å². The molecule has 6 nitrogen and oxygen atoms in total. The van der Waals surface area contributed by atoms with Gasteiger partial charge in [0.05, 0.1) is 0 Å². The van der Waals surface area contributed by atoms with Gasteiger partial charge in [0.25, 0.3) is 0 Å². The minimum absolute atomic E-state index is 0.0714. The van der Waals surface area contributed by atoms with Gasteiger partial charge in [-0.3, -0.25) is 0 Å². The van der Waals surface area contributed by atoms with Crippen LogP contribution in [0.2, 0.25) is 0 Å². The molecule has 1 aliphatic heterocycles. The fraction of sp³-hybridized carbons (Fsp3) is 1.00. The smallest absolute Gasteiger partial charge is 0.0494 e. The van der Waals surface area contributed by atoms with Crippen LogP contribution in [0, 0.1) is 10.8 Å². The molecule has 0 aliphatic carbocycles. The van der Waals surface area contributed by atoms with Crippen molar-refractivity contribution in [2.24, 2.45) is 10.8 Å². The number of rotatable bonds is 6. The third kappa shape index (κ3) is 10.8. The summed E-state index contributed by atoms with van der Waals surface area (Å²) >= 11 is 0. The number of nitrogens with one attached hydrogen (secondary N) is 2. The molecule has 1 rings (SSSR count). The van der Waals surface area contributed by atoms with E-state index >= 15 is 0 Å². The molecule has 4 N–H and O–H groups in total. The van der Waals surface area contributed by atoms with E-state index in [4.69, 9.17) is 0 Å². The third-order valence-electron chi connectivity index (χ3n) is 5.03. The molecule has 0 aromatic heterocycles. The average Bonchev–Trinajstić information content (AvgIpc) is 2.59. The Morgan fingerprint density at radius 3 is 1.38 bits per heavy atom. The molecule has 0 spiro atoms. The van der Waals surface area contributed by atoms with Crippen LogP contribution in [0.15, 0.2) is 0 Å². The van der Waals surface area contributed by atoms with Gasteiger partial charge >= 0.3 is 0 Å². The summed E-state index contributed by atoms with van der Waals surface area (Å²) in [4.78, 5) is 5.00. The predicted octanol–water partition coefficient (Wildman–Crippen LogP) is 0.600. The molecule has 0 saturated carbocycles. The van der Waals surface area contributed by atoms with Crippen LogP contribution < -0.4 is 10.6 Å². The lowest BCUT2D eigenvalue weighted by Gasteiger charge is -2.36. The van der Waals surface area contributed by atoms with E-state index in [2.05, 4.69) is 48.1 Å². The molecule has 26 heavy (non-hydrogen) atoms. The first-order valence-electron chi connectivity index (χ1n) is 10.4. The van der Waals surface area contributed by atoms with Crippen molar-refractivity contribution >= 4 is 0 Å². The van der Waals surface area contributed by atoms with Gasteiger partial charge in [0.15, 0.2) is 0 Å². The largest absolute Gasteiger partial charge is 0.396 e. The maximum atomic E-state index is 9.65. The summed E-state index contributed by atoms with van der Waals surface area (Å²) in [5.74, 6) is 0. The second-order valence-corrected chi connectivity index (χ2v) is 9.40. The zero-order valence-electron chi connectivity index (χ0n) is 17.7. The molecule has 156 valence electrons. The Bertz CT molecular complexity index is 330. The van der Waals surface area contributed by atoms with Crippen molar-refractivity contribution in [2.45, 2.75) is 40.5 Å². The van der Waals surface area contributed by atoms with Gasteiger partial charge in [0.2, 0.25) is 0 Å². The Hall–Kier alpha value is -0.240. The van der Waals surface area contributed by atoms with E-state index in [1.807, 2.05) is 0 Å². The normalized spacial score (nSPS) is 21.5. The first-order chi connectivity index (χ1) is 12.3. The van der Waals surface area contributed by atoms with E-state index in [1.165, 1.54) is 0 Å². The Kier molecular flexibility index (Phi) is 11.2. The zero-order valence-corrected chi connectivity index (χ0v) is 17.7. The molecule has 0 aromatic carbocycles. The van der Waals surface area contributed by atoms with Crippen molar-refractivity contribution in [3.63, 3.8) is 0 Å². The van der Waals surface area contributed by atoms with E-state index in [0.717, 1.165) is 78.3 Å². The number of hydrogen-bond acceptors (Lipinski definition) is 6. The van der Waals surface area contributed by atoms with E-state index in [1.54, 1.807) is 0 Å². The van der Waals surface area contributed by atoms with Gasteiger partial charge in [-0.25, -0.2) is 0 Å². The lowest BCUT2D eigenvalue weighted by Crippen LogP contribution is -2.45. The summed E-state index contributed by atoms with van der Waals surface area (Å²) in [5, 5.41) is 26.3. The van der Waals surface area contributed by atoms with Crippen molar-refractivity contribution in [1.82, 2.24) is 20.4 Å². The lowest BCUT2D eigenvalue weighted by atomic mass is 9.93. The van der Waals surface area contributed by atoms with E-state index in [-0.39, 0.29) is 24.0 Å². The van der Waals surface area contributed by atoms with Crippen molar-refractivity contribution in [3.8, 4) is 0 Å². The third-order valence-corrected chi connectivity index (χ3v) is 5.03. The highest BCUT2D eigenvalue weighted by Crippen LogP contribution is 2.18. The maximum Gasteiger partial charge on any atom is 0.0494 e. The summed E-state index contributed by atoms with van der Waals surface area (Å²) in [6.45, 7) is 19.1. The predicted molar refractivity (Wildman–Crippen MR) is 110 cm³/mol. The second kappa shape index (κ2) is 12.3. The van der Waals surface area contributed by atoms with Gasteiger partial charge in [0, 0.05) is 63.3 Å². The molecule has 0 radical (unpaired) electrons. The summed E-state index contributed by atoms with van der Waals surface area (Å²) in [6.07, 6.45) is 2.26. The molecule has 1 fully saturated rings. The standard InChI is InChI=1S/C20H44N4O2/c1-19(2,17-25)15-23-11-5-7-21-9-10-22-8-6-12-24(14-13-23)16-20(3,4)18-26/h21-22,25-26H,5-18H2,1-4H3. The molecular formula is C20H44N4O2. The van der Waals surface area contributed by atoms with Gasteiger partial charge in [-0.2, -0.15) is 0 Å². The van der Waals surface area contributed by atoms with Crippen LogP contribution in [0.3, 0.4) is 0 Å². The fourth-order valence-corrected chi connectivity index (χ4v) is 3.42. The van der Waals surface area contributed by atoms with Gasteiger partial charge in [-0.05, 0) is 39.0 Å². The van der Waals surface area contributed by atoms with Crippen LogP contribution in [-0.2, 0) is 0 Å². The van der Waals surface area contributed by atoms with Crippen molar-refractivity contribution in [1.29, 1.82) is 0 Å². The highest BCUT2D eigenvalue weighted by molar-refractivity contribution is 4.77. The monoisotopic (exact) mass is 372 g/mol. The Morgan fingerprint density at radius 2 is 1.04 bits per heavy atom. The molecule has 0 aromatic rings. The lowest BCUT2D eigenvalue weighted by molar-refractivity contribution is 0.0753. The van der Waals surface area contributed by atoms with Gasteiger partial charge < -0.3 is 30.6 Å². The van der Waals surface area contributed by atoms with Crippen molar-refractivity contribution < 1.29 is 10.2 Å². The summed E-state index contributed by atoms with van der Waals surface area (Å²) in [6, 6.07) is 0. The van der Waals surface area contributed by atoms with Crippen molar-refractivity contribution in [2.75, 3.05) is 78.7 Å². The molecule has 6 heteroatoms. The highest BCUT2D eigenvalue weighted by Gasteiger charge is 2.24. The fourth-order valence-electron chi connectivity index (χ4n) is 3.42. The Morgan fingerprint density at radius 1 is 0.654 bits per heavy atom. The topological polar surface area (TPSA) is 71.0 Å². The molecule has 1 aliphatic rings. The minimum atomic E-state index is -0.0714. The number of hydrogen-bond donors (Lipinski definition) is 4. The Balaban J connectivity index is 2.69. The molecule has 0 atom stereocenters. The van der Waals surface area contributed by atoms with E-state index in [9.17, 15) is 10.2 Å². The molecule has 0 bridgehead atoms. The summed E-state index contributed by atoms with van der Waals surface area (Å²) in [7, 11) is 0. The number of aliphatic hydroxyl groups excluding tert-OH is 2. The number of aliphatic hydroxyl groups is 2. The van der Waals surface area contributed by atoms with E-state index in [0.29, 0.717) is 0 Å². The van der Waals surface area contributed by atoms with Crippen LogP contribution >= 0.6 is 0 Å². The molecule has 1 saturated heterocycles. The highest BCUT2D eigenvalue weighted by atomic mass is 16.3. The first kappa shape index (κ1) is 23.8. The SMILES string of the molecule is CC(C)(CO)CN1CCCNCCNCCCN(CC(C)(C)CO)CC1. The van der Waals surface area contributed by atoms with Gasteiger partial charge in [-0.1, -0.05) is 27.7 Å². The Labute approximate surface area is 161 Å². The molecular weight excluding hydrogens is 328 g/mol. The summed E-state index contributed by atoms with van der Waals surface area (Å²) < 4.78 is 0. The van der Waals surface area contributed by atoms with Crippen LogP contribution in [0.4, 0.5) is 0 Å². The summed E-state index contributed by atoms with van der Waals surface area (Å²) in [5.41, 5.74) is -0.143. The first-order valence-corrected chi connectivity index (χ1v) is 10.4. The molecule has 0 amide bonds. The van der Waals surface area contributed by atoms with Gasteiger partial charge in [-0.15, -0.1) is 0 Å². The van der Waals surface area contributed by atoms with E-state index < -0.39 is 0 Å². The van der Waals surface area contributed by atoms with Crippen LogP contribution in [0.5, 0.6) is 0 Å². The average molecular weight is 373 g/mol. The zero-order chi connectivity index (χ0) is 19.5. The van der Waals surface area contributed by atoms with Crippen LogP contribution in [0.1, 0.15) is 40.5 Å². The minimum Gasteiger partial charge on any atom is -0.396 e.